The van der Waals surface area contributed by atoms with Crippen LogP contribution in [0.15, 0.2) is 30.3 Å². The first-order chi connectivity index (χ1) is 9.45. The van der Waals surface area contributed by atoms with Crippen molar-refractivity contribution in [3.8, 4) is 5.75 Å². The van der Waals surface area contributed by atoms with E-state index in [0.29, 0.717) is 5.56 Å². The first-order valence-electron chi connectivity index (χ1n) is 6.72. The van der Waals surface area contributed by atoms with Crippen LogP contribution in [-0.2, 0) is 0 Å². The van der Waals surface area contributed by atoms with Gasteiger partial charge in [0, 0.05) is 11.1 Å². The van der Waals surface area contributed by atoms with E-state index >= 15 is 0 Å². The molecule has 0 atom stereocenters. The Morgan fingerprint density at radius 1 is 0.900 bits per heavy atom. The molecule has 0 fully saturated rings. The molecule has 0 aliphatic carbocycles. The molecule has 0 bridgehead atoms. The number of carbonyl (C=O) groups excluding carboxylic acids is 1. The molecule has 20 heavy (non-hydrogen) atoms. The predicted molar refractivity (Wildman–Crippen MR) is 81.8 cm³/mol. The van der Waals surface area contributed by atoms with Crippen LogP contribution in [0.3, 0.4) is 0 Å². The molecule has 2 nitrogen and oxygen atoms in total. The van der Waals surface area contributed by atoms with Gasteiger partial charge in [0.2, 0.25) is 0 Å². The van der Waals surface area contributed by atoms with Gasteiger partial charge >= 0.3 is 0 Å². The number of methoxy groups -OCH3 is 1. The molecule has 0 heterocycles. The van der Waals surface area contributed by atoms with Gasteiger partial charge in [-0.25, -0.2) is 0 Å². The van der Waals surface area contributed by atoms with E-state index < -0.39 is 0 Å². The zero-order chi connectivity index (χ0) is 14.9. The lowest BCUT2D eigenvalue weighted by molar-refractivity contribution is 0.103. The smallest absolute Gasteiger partial charge is 0.193 e. The topological polar surface area (TPSA) is 26.3 Å². The number of hydrogen-bond acceptors (Lipinski definition) is 2. The Balaban J connectivity index is 2.53. The van der Waals surface area contributed by atoms with E-state index in [2.05, 4.69) is 6.07 Å². The number of rotatable bonds is 3. The fourth-order valence-corrected chi connectivity index (χ4v) is 2.44. The van der Waals surface area contributed by atoms with Crippen molar-refractivity contribution in [2.24, 2.45) is 0 Å². The van der Waals surface area contributed by atoms with Gasteiger partial charge in [0.1, 0.15) is 5.75 Å². The van der Waals surface area contributed by atoms with Crippen molar-refractivity contribution in [1.82, 2.24) is 0 Å². The highest BCUT2D eigenvalue weighted by Crippen LogP contribution is 2.25. The van der Waals surface area contributed by atoms with Crippen molar-refractivity contribution in [3.05, 3.63) is 63.7 Å². The van der Waals surface area contributed by atoms with Gasteiger partial charge in [-0.1, -0.05) is 6.07 Å². The Morgan fingerprint density at radius 2 is 1.40 bits per heavy atom. The van der Waals surface area contributed by atoms with E-state index in [1.807, 2.05) is 52.0 Å². The Kier molecular flexibility index (Phi) is 3.93. The van der Waals surface area contributed by atoms with Crippen molar-refractivity contribution in [2.45, 2.75) is 27.7 Å². The standard InChI is InChI=1S/C18H20O2/c1-11-10-12(2)14(4)17(13(11)3)18(19)15-6-8-16(20-5)9-7-15/h6-10H,1-5H3. The summed E-state index contributed by atoms with van der Waals surface area (Å²) in [5, 5.41) is 0. The van der Waals surface area contributed by atoms with Crippen molar-refractivity contribution >= 4 is 5.78 Å². The molecule has 2 aromatic rings. The minimum Gasteiger partial charge on any atom is -0.497 e. The van der Waals surface area contributed by atoms with Gasteiger partial charge in [-0.2, -0.15) is 0 Å². The maximum atomic E-state index is 12.8. The van der Waals surface area contributed by atoms with Crippen LogP contribution >= 0.6 is 0 Å². The molecule has 0 saturated carbocycles. The summed E-state index contributed by atoms with van der Waals surface area (Å²) in [6.45, 7) is 8.12. The lowest BCUT2D eigenvalue weighted by Gasteiger charge is -2.14. The zero-order valence-electron chi connectivity index (χ0n) is 12.7. The van der Waals surface area contributed by atoms with E-state index in [1.54, 1.807) is 7.11 Å². The van der Waals surface area contributed by atoms with Crippen LogP contribution in [0.25, 0.3) is 0 Å². The summed E-state index contributed by atoms with van der Waals surface area (Å²) in [6.07, 6.45) is 0. The average molecular weight is 268 g/mol. The summed E-state index contributed by atoms with van der Waals surface area (Å²) in [4.78, 5) is 12.8. The molecule has 0 amide bonds. The number of hydrogen-bond donors (Lipinski definition) is 0. The molecule has 0 spiro atoms. The fraction of sp³-hybridized carbons (Fsp3) is 0.278. The molecule has 2 heteroatoms. The van der Waals surface area contributed by atoms with E-state index in [1.165, 1.54) is 0 Å². The van der Waals surface area contributed by atoms with Crippen LogP contribution in [0.5, 0.6) is 5.75 Å². The molecule has 2 rings (SSSR count). The maximum Gasteiger partial charge on any atom is 0.193 e. The largest absolute Gasteiger partial charge is 0.497 e. The summed E-state index contributed by atoms with van der Waals surface area (Å²) in [6, 6.07) is 9.41. The van der Waals surface area contributed by atoms with Crippen LogP contribution in [0, 0.1) is 27.7 Å². The van der Waals surface area contributed by atoms with E-state index in [-0.39, 0.29) is 5.78 Å². The maximum absolute atomic E-state index is 12.8. The first-order valence-corrected chi connectivity index (χ1v) is 6.72. The lowest BCUT2D eigenvalue weighted by Crippen LogP contribution is -2.09. The number of benzene rings is 2. The second-order valence-electron chi connectivity index (χ2n) is 5.19. The van der Waals surface area contributed by atoms with Crippen molar-refractivity contribution in [1.29, 1.82) is 0 Å². The van der Waals surface area contributed by atoms with Crippen LogP contribution in [0.1, 0.15) is 38.2 Å². The van der Waals surface area contributed by atoms with Crippen molar-refractivity contribution in [3.63, 3.8) is 0 Å². The van der Waals surface area contributed by atoms with Crippen molar-refractivity contribution in [2.75, 3.05) is 7.11 Å². The second-order valence-corrected chi connectivity index (χ2v) is 5.19. The summed E-state index contributed by atoms with van der Waals surface area (Å²) in [5.74, 6) is 0.838. The van der Waals surface area contributed by atoms with Gasteiger partial charge in [0.05, 0.1) is 7.11 Å². The third-order valence-electron chi connectivity index (χ3n) is 3.95. The van der Waals surface area contributed by atoms with Gasteiger partial charge in [-0.15, -0.1) is 0 Å². The Morgan fingerprint density at radius 3 is 1.85 bits per heavy atom. The van der Waals surface area contributed by atoms with Crippen LogP contribution in [0.4, 0.5) is 0 Å². The highest BCUT2D eigenvalue weighted by atomic mass is 16.5. The fourth-order valence-electron chi connectivity index (χ4n) is 2.44. The lowest BCUT2D eigenvalue weighted by atomic mass is 9.89. The zero-order valence-corrected chi connectivity index (χ0v) is 12.7. The Hall–Kier alpha value is -2.09. The molecule has 0 N–H and O–H groups in total. The number of carbonyl (C=O) groups is 1. The number of ketones is 1. The van der Waals surface area contributed by atoms with Gasteiger partial charge in [0.25, 0.3) is 0 Å². The molecule has 0 aliphatic heterocycles. The normalized spacial score (nSPS) is 10.4. The highest BCUT2D eigenvalue weighted by Gasteiger charge is 2.17. The van der Waals surface area contributed by atoms with Crippen LogP contribution < -0.4 is 4.74 Å². The molecule has 0 saturated heterocycles. The summed E-state index contributed by atoms with van der Waals surface area (Å²) in [5.41, 5.74) is 5.97. The molecule has 0 aliphatic rings. The molecule has 0 aromatic heterocycles. The van der Waals surface area contributed by atoms with E-state index in [4.69, 9.17) is 4.74 Å². The predicted octanol–water partition coefficient (Wildman–Crippen LogP) is 4.16. The minimum absolute atomic E-state index is 0.0782. The third kappa shape index (κ3) is 2.46. The van der Waals surface area contributed by atoms with Gasteiger partial charge < -0.3 is 4.74 Å². The molecule has 104 valence electrons. The number of ether oxygens (including phenoxy) is 1. The summed E-state index contributed by atoms with van der Waals surface area (Å²) >= 11 is 0. The van der Waals surface area contributed by atoms with Gasteiger partial charge in [0.15, 0.2) is 5.78 Å². The molecular formula is C18H20O2. The average Bonchev–Trinajstić information content (AvgIpc) is 2.45. The summed E-state index contributed by atoms with van der Waals surface area (Å²) < 4.78 is 5.13. The SMILES string of the molecule is COc1ccc(C(=O)c2c(C)c(C)cc(C)c2C)cc1. The first kappa shape index (κ1) is 14.3. The molecule has 2 aromatic carbocycles. The molecule has 0 unspecified atom stereocenters. The summed E-state index contributed by atoms with van der Waals surface area (Å²) in [7, 11) is 1.62. The van der Waals surface area contributed by atoms with Crippen LogP contribution in [0.2, 0.25) is 0 Å². The second kappa shape index (κ2) is 5.49. The Labute approximate surface area is 120 Å². The van der Waals surface area contributed by atoms with Crippen LogP contribution in [-0.4, -0.2) is 12.9 Å². The highest BCUT2D eigenvalue weighted by molar-refractivity contribution is 6.11. The monoisotopic (exact) mass is 268 g/mol. The Bertz CT molecular complexity index is 626. The van der Waals surface area contributed by atoms with Gasteiger partial charge in [-0.05, 0) is 74.2 Å². The van der Waals surface area contributed by atoms with Crippen molar-refractivity contribution < 1.29 is 9.53 Å². The van der Waals surface area contributed by atoms with Gasteiger partial charge in [-0.3, -0.25) is 4.79 Å². The van der Waals surface area contributed by atoms with E-state index in [9.17, 15) is 4.79 Å². The van der Waals surface area contributed by atoms with E-state index in [0.717, 1.165) is 33.6 Å². The molecule has 0 radical (unpaired) electrons. The minimum atomic E-state index is 0.0782. The third-order valence-corrected chi connectivity index (χ3v) is 3.95. The number of aryl methyl sites for hydroxylation is 2. The molecular weight excluding hydrogens is 248 g/mol. The quantitative estimate of drug-likeness (QED) is 0.781.